The van der Waals surface area contributed by atoms with Gasteiger partial charge in [0.15, 0.2) is 5.82 Å². The van der Waals surface area contributed by atoms with Gasteiger partial charge in [-0.25, -0.2) is 9.97 Å². The van der Waals surface area contributed by atoms with Crippen LogP contribution in [0.15, 0.2) is 108 Å². The summed E-state index contributed by atoms with van der Waals surface area (Å²) in [6, 6.07) is 34.4. The average molecular weight is 433 g/mol. The molecule has 0 unspecified atom stereocenters. The standard InChI is InChI=1S/C28H17ClN2O/c29-27-17-24(30-28(31-27)18-7-2-1-3-8-18)21-10-6-9-19(15-21)20-13-14-26-23(16-20)22-11-4-5-12-25(22)32-26/h1-17H. The zero-order chi connectivity index (χ0) is 21.5. The quantitative estimate of drug-likeness (QED) is 0.266. The Hall–Kier alpha value is -3.95. The molecule has 0 aliphatic rings. The van der Waals surface area contributed by atoms with Crippen LogP contribution in [0.3, 0.4) is 0 Å². The third kappa shape index (κ3) is 3.33. The first kappa shape index (κ1) is 18.8. The molecule has 0 saturated heterocycles. The summed E-state index contributed by atoms with van der Waals surface area (Å²) in [5, 5.41) is 2.65. The Morgan fingerprint density at radius 2 is 1.25 bits per heavy atom. The minimum absolute atomic E-state index is 0.422. The van der Waals surface area contributed by atoms with Gasteiger partial charge in [-0.05, 0) is 35.4 Å². The van der Waals surface area contributed by atoms with Crippen molar-refractivity contribution in [2.45, 2.75) is 0 Å². The Morgan fingerprint density at radius 3 is 2.16 bits per heavy atom. The smallest absolute Gasteiger partial charge is 0.161 e. The molecule has 6 aromatic rings. The lowest BCUT2D eigenvalue weighted by Crippen LogP contribution is -1.93. The maximum atomic E-state index is 6.35. The molecule has 0 atom stereocenters. The number of halogens is 1. The number of fused-ring (bicyclic) bond motifs is 3. The lowest BCUT2D eigenvalue weighted by molar-refractivity contribution is 0.669. The van der Waals surface area contributed by atoms with Crippen molar-refractivity contribution in [3.8, 4) is 33.8 Å². The summed E-state index contributed by atoms with van der Waals surface area (Å²) < 4.78 is 5.97. The summed E-state index contributed by atoms with van der Waals surface area (Å²) in [7, 11) is 0. The topological polar surface area (TPSA) is 38.9 Å². The van der Waals surface area contributed by atoms with Gasteiger partial charge < -0.3 is 4.42 Å². The molecule has 152 valence electrons. The Bertz CT molecular complexity index is 1590. The maximum Gasteiger partial charge on any atom is 0.161 e. The summed E-state index contributed by atoms with van der Waals surface area (Å²) in [4.78, 5) is 9.19. The number of para-hydroxylation sites is 1. The normalized spacial score (nSPS) is 11.3. The SMILES string of the molecule is Clc1cc(-c2cccc(-c3ccc4oc5ccccc5c4c3)c2)nc(-c2ccccc2)n1. The second-order valence-electron chi connectivity index (χ2n) is 7.66. The predicted molar refractivity (Wildman–Crippen MR) is 131 cm³/mol. The molecule has 0 aliphatic heterocycles. The van der Waals surface area contributed by atoms with E-state index in [9.17, 15) is 0 Å². The molecule has 4 aromatic carbocycles. The number of rotatable bonds is 3. The van der Waals surface area contributed by atoms with Crippen molar-refractivity contribution >= 4 is 33.5 Å². The van der Waals surface area contributed by atoms with Crippen molar-refractivity contribution in [2.24, 2.45) is 0 Å². The van der Waals surface area contributed by atoms with Crippen molar-refractivity contribution in [3.05, 3.63) is 108 Å². The van der Waals surface area contributed by atoms with E-state index >= 15 is 0 Å². The molecule has 0 bridgehead atoms. The van der Waals surface area contributed by atoms with Crippen LogP contribution in [-0.4, -0.2) is 9.97 Å². The maximum absolute atomic E-state index is 6.35. The highest BCUT2D eigenvalue weighted by molar-refractivity contribution is 6.29. The summed E-state index contributed by atoms with van der Waals surface area (Å²) >= 11 is 6.35. The zero-order valence-corrected chi connectivity index (χ0v) is 17.8. The summed E-state index contributed by atoms with van der Waals surface area (Å²) in [6.45, 7) is 0. The molecule has 4 heteroatoms. The Morgan fingerprint density at radius 1 is 0.531 bits per heavy atom. The molecule has 0 aliphatic carbocycles. The number of benzene rings is 4. The molecule has 0 saturated carbocycles. The van der Waals surface area contributed by atoms with E-state index in [0.717, 1.165) is 49.9 Å². The van der Waals surface area contributed by atoms with E-state index in [1.807, 2.05) is 66.7 Å². The molecule has 6 rings (SSSR count). The van der Waals surface area contributed by atoms with Crippen molar-refractivity contribution in [1.82, 2.24) is 9.97 Å². The van der Waals surface area contributed by atoms with E-state index in [2.05, 4.69) is 35.3 Å². The molecule has 0 amide bonds. The fourth-order valence-electron chi connectivity index (χ4n) is 4.05. The van der Waals surface area contributed by atoms with Gasteiger partial charge in [0, 0.05) is 28.0 Å². The molecular formula is C28H17ClN2O. The monoisotopic (exact) mass is 432 g/mol. The second kappa shape index (κ2) is 7.63. The van der Waals surface area contributed by atoms with E-state index in [1.165, 1.54) is 0 Å². The number of aromatic nitrogens is 2. The highest BCUT2D eigenvalue weighted by Crippen LogP contribution is 2.34. The van der Waals surface area contributed by atoms with E-state index in [1.54, 1.807) is 6.07 Å². The van der Waals surface area contributed by atoms with Crippen molar-refractivity contribution in [3.63, 3.8) is 0 Å². The van der Waals surface area contributed by atoms with Crippen molar-refractivity contribution in [1.29, 1.82) is 0 Å². The highest BCUT2D eigenvalue weighted by Gasteiger charge is 2.11. The number of nitrogens with zero attached hydrogens (tertiary/aromatic N) is 2. The Balaban J connectivity index is 1.45. The van der Waals surface area contributed by atoms with Crippen LogP contribution in [-0.2, 0) is 0 Å². The molecule has 0 fully saturated rings. The summed E-state index contributed by atoms with van der Waals surface area (Å²) in [5.74, 6) is 0.616. The first-order valence-corrected chi connectivity index (χ1v) is 10.7. The first-order chi connectivity index (χ1) is 15.7. The lowest BCUT2D eigenvalue weighted by atomic mass is 10.00. The van der Waals surface area contributed by atoms with Gasteiger partial charge in [0.2, 0.25) is 0 Å². The molecule has 2 aromatic heterocycles. The van der Waals surface area contributed by atoms with Crippen LogP contribution in [0.5, 0.6) is 0 Å². The first-order valence-electron chi connectivity index (χ1n) is 10.4. The third-order valence-electron chi connectivity index (χ3n) is 5.60. The molecule has 0 radical (unpaired) electrons. The van der Waals surface area contributed by atoms with Gasteiger partial charge in [0.1, 0.15) is 16.3 Å². The van der Waals surface area contributed by atoms with Crippen LogP contribution in [0, 0.1) is 0 Å². The Labute approximate surface area is 190 Å². The van der Waals surface area contributed by atoms with Crippen molar-refractivity contribution < 1.29 is 4.42 Å². The molecular weight excluding hydrogens is 416 g/mol. The number of furan rings is 1. The van der Waals surface area contributed by atoms with Crippen LogP contribution in [0.25, 0.3) is 55.7 Å². The summed E-state index contributed by atoms with van der Waals surface area (Å²) in [5.41, 5.74) is 6.73. The number of hydrogen-bond acceptors (Lipinski definition) is 3. The largest absolute Gasteiger partial charge is 0.456 e. The predicted octanol–water partition coefficient (Wildman–Crippen LogP) is 8.03. The van der Waals surface area contributed by atoms with Crippen molar-refractivity contribution in [2.75, 3.05) is 0 Å². The minimum atomic E-state index is 0.422. The van der Waals surface area contributed by atoms with Gasteiger partial charge >= 0.3 is 0 Å². The van der Waals surface area contributed by atoms with Gasteiger partial charge in [0.05, 0.1) is 5.69 Å². The minimum Gasteiger partial charge on any atom is -0.456 e. The third-order valence-corrected chi connectivity index (χ3v) is 5.79. The van der Waals surface area contributed by atoms with E-state index in [0.29, 0.717) is 11.0 Å². The molecule has 2 heterocycles. The van der Waals surface area contributed by atoms with Gasteiger partial charge in [-0.15, -0.1) is 0 Å². The van der Waals surface area contributed by atoms with Crippen LogP contribution >= 0.6 is 11.6 Å². The highest BCUT2D eigenvalue weighted by atomic mass is 35.5. The molecule has 3 nitrogen and oxygen atoms in total. The van der Waals surface area contributed by atoms with Gasteiger partial charge in [-0.2, -0.15) is 0 Å². The van der Waals surface area contributed by atoms with Gasteiger partial charge in [-0.1, -0.05) is 84.4 Å². The van der Waals surface area contributed by atoms with Gasteiger partial charge in [-0.3, -0.25) is 0 Å². The van der Waals surface area contributed by atoms with Crippen LogP contribution < -0.4 is 0 Å². The Kier molecular flexibility index (Phi) is 4.48. The fourth-order valence-corrected chi connectivity index (χ4v) is 4.23. The fraction of sp³-hybridized carbons (Fsp3) is 0. The van der Waals surface area contributed by atoms with E-state index in [4.69, 9.17) is 21.0 Å². The lowest BCUT2D eigenvalue weighted by Gasteiger charge is -2.08. The van der Waals surface area contributed by atoms with E-state index in [-0.39, 0.29) is 0 Å². The van der Waals surface area contributed by atoms with Crippen LogP contribution in [0.2, 0.25) is 5.15 Å². The molecule has 0 N–H and O–H groups in total. The average Bonchev–Trinajstić information content (AvgIpc) is 3.22. The van der Waals surface area contributed by atoms with Crippen LogP contribution in [0.4, 0.5) is 0 Å². The van der Waals surface area contributed by atoms with E-state index < -0.39 is 0 Å². The number of hydrogen-bond donors (Lipinski definition) is 0. The zero-order valence-electron chi connectivity index (χ0n) is 17.0. The molecule has 0 spiro atoms. The summed E-state index contributed by atoms with van der Waals surface area (Å²) in [6.07, 6.45) is 0. The van der Waals surface area contributed by atoms with Crippen LogP contribution in [0.1, 0.15) is 0 Å². The second-order valence-corrected chi connectivity index (χ2v) is 8.04. The van der Waals surface area contributed by atoms with Gasteiger partial charge in [0.25, 0.3) is 0 Å². The molecule has 32 heavy (non-hydrogen) atoms.